The summed E-state index contributed by atoms with van der Waals surface area (Å²) in [4.78, 5) is 0. The Hall–Kier alpha value is -0.600. The van der Waals surface area contributed by atoms with E-state index in [-0.39, 0.29) is 6.29 Å². The van der Waals surface area contributed by atoms with Gasteiger partial charge in [-0.15, -0.1) is 0 Å². The fourth-order valence-corrected chi connectivity index (χ4v) is 1.02. The van der Waals surface area contributed by atoms with E-state index >= 15 is 0 Å². The SMILES string of the molecule is CC=C(/C=C\CC)C(OC)OCC. The Bertz CT molecular complexity index is 171. The zero-order chi connectivity index (χ0) is 10.1. The summed E-state index contributed by atoms with van der Waals surface area (Å²) in [6, 6.07) is 0. The molecule has 2 nitrogen and oxygen atoms in total. The van der Waals surface area contributed by atoms with Crippen molar-refractivity contribution in [3.63, 3.8) is 0 Å². The van der Waals surface area contributed by atoms with Crippen molar-refractivity contribution < 1.29 is 9.47 Å². The van der Waals surface area contributed by atoms with E-state index < -0.39 is 0 Å². The average molecular weight is 184 g/mol. The van der Waals surface area contributed by atoms with E-state index in [1.807, 2.05) is 26.0 Å². The summed E-state index contributed by atoms with van der Waals surface area (Å²) in [5.41, 5.74) is 1.08. The topological polar surface area (TPSA) is 18.5 Å². The highest BCUT2D eigenvalue weighted by Gasteiger charge is 2.08. The van der Waals surface area contributed by atoms with Gasteiger partial charge < -0.3 is 9.47 Å². The van der Waals surface area contributed by atoms with Crippen LogP contribution >= 0.6 is 0 Å². The van der Waals surface area contributed by atoms with Gasteiger partial charge >= 0.3 is 0 Å². The van der Waals surface area contributed by atoms with Crippen LogP contribution in [0.5, 0.6) is 0 Å². The monoisotopic (exact) mass is 184 g/mol. The molecule has 0 aromatic rings. The number of ether oxygens (including phenoxy) is 2. The van der Waals surface area contributed by atoms with E-state index in [0.29, 0.717) is 6.61 Å². The van der Waals surface area contributed by atoms with Crippen LogP contribution in [0.25, 0.3) is 0 Å². The fraction of sp³-hybridized carbons (Fsp3) is 0.636. The average Bonchev–Trinajstić information content (AvgIpc) is 2.17. The van der Waals surface area contributed by atoms with Crippen LogP contribution in [0.2, 0.25) is 0 Å². The van der Waals surface area contributed by atoms with Crippen LogP contribution in [0.4, 0.5) is 0 Å². The molecule has 0 bridgehead atoms. The third-order valence-electron chi connectivity index (χ3n) is 1.68. The van der Waals surface area contributed by atoms with Crippen molar-refractivity contribution in [2.24, 2.45) is 0 Å². The molecule has 0 aliphatic rings. The van der Waals surface area contributed by atoms with Crippen molar-refractivity contribution in [1.82, 2.24) is 0 Å². The van der Waals surface area contributed by atoms with E-state index in [9.17, 15) is 0 Å². The van der Waals surface area contributed by atoms with Gasteiger partial charge in [0.1, 0.15) is 0 Å². The van der Waals surface area contributed by atoms with E-state index in [1.165, 1.54) is 0 Å². The molecule has 1 atom stereocenters. The van der Waals surface area contributed by atoms with Gasteiger partial charge in [-0.1, -0.05) is 25.2 Å². The molecule has 0 amide bonds. The van der Waals surface area contributed by atoms with Gasteiger partial charge in [-0.3, -0.25) is 0 Å². The first-order valence-corrected chi connectivity index (χ1v) is 4.77. The maximum atomic E-state index is 5.40. The molecule has 0 fully saturated rings. The highest BCUT2D eigenvalue weighted by atomic mass is 16.7. The summed E-state index contributed by atoms with van der Waals surface area (Å²) in [6.45, 7) is 6.71. The highest BCUT2D eigenvalue weighted by molar-refractivity contribution is 5.20. The smallest absolute Gasteiger partial charge is 0.183 e. The molecule has 0 heterocycles. The van der Waals surface area contributed by atoms with Gasteiger partial charge in [0.05, 0.1) is 0 Å². The van der Waals surface area contributed by atoms with E-state index in [1.54, 1.807) is 7.11 Å². The Morgan fingerprint density at radius 3 is 2.46 bits per heavy atom. The molecule has 0 saturated carbocycles. The van der Waals surface area contributed by atoms with E-state index in [0.717, 1.165) is 12.0 Å². The zero-order valence-corrected chi connectivity index (χ0v) is 9.04. The van der Waals surface area contributed by atoms with Crippen LogP contribution in [0, 0.1) is 0 Å². The largest absolute Gasteiger partial charge is 0.352 e. The number of hydrogen-bond acceptors (Lipinski definition) is 2. The lowest BCUT2D eigenvalue weighted by Gasteiger charge is -2.15. The maximum absolute atomic E-state index is 5.40. The second kappa shape index (κ2) is 8.02. The van der Waals surface area contributed by atoms with Crippen molar-refractivity contribution in [3.8, 4) is 0 Å². The summed E-state index contributed by atoms with van der Waals surface area (Å²) in [5.74, 6) is 0. The Morgan fingerprint density at radius 1 is 1.38 bits per heavy atom. The highest BCUT2D eigenvalue weighted by Crippen LogP contribution is 2.09. The lowest BCUT2D eigenvalue weighted by Crippen LogP contribution is -2.16. The van der Waals surface area contributed by atoms with Crippen molar-refractivity contribution in [2.75, 3.05) is 13.7 Å². The molecule has 13 heavy (non-hydrogen) atoms. The second-order valence-electron chi connectivity index (χ2n) is 2.62. The van der Waals surface area contributed by atoms with Gasteiger partial charge in [0.15, 0.2) is 6.29 Å². The Morgan fingerprint density at radius 2 is 2.08 bits per heavy atom. The molecule has 0 saturated heterocycles. The molecule has 76 valence electrons. The molecule has 0 rings (SSSR count). The fourth-order valence-electron chi connectivity index (χ4n) is 1.02. The first-order valence-electron chi connectivity index (χ1n) is 4.77. The van der Waals surface area contributed by atoms with Crippen LogP contribution < -0.4 is 0 Å². The van der Waals surface area contributed by atoms with Gasteiger partial charge in [-0.25, -0.2) is 0 Å². The first kappa shape index (κ1) is 12.4. The van der Waals surface area contributed by atoms with Crippen LogP contribution in [0.1, 0.15) is 27.2 Å². The summed E-state index contributed by atoms with van der Waals surface area (Å²) in [7, 11) is 1.66. The molecule has 0 aliphatic carbocycles. The number of methoxy groups -OCH3 is 1. The Labute approximate surface area is 81.2 Å². The first-order chi connectivity index (χ1) is 6.29. The summed E-state index contributed by atoms with van der Waals surface area (Å²) in [5, 5.41) is 0. The maximum Gasteiger partial charge on any atom is 0.183 e. The van der Waals surface area contributed by atoms with Crippen LogP contribution in [-0.4, -0.2) is 20.0 Å². The standard InChI is InChI=1S/C11H20O2/c1-5-8-9-10(6-2)11(12-4)13-7-3/h6,8-9,11H,5,7H2,1-4H3/b9-8-,10-6?. The lowest BCUT2D eigenvalue weighted by molar-refractivity contribution is -0.0916. The minimum atomic E-state index is -0.224. The number of hydrogen-bond donors (Lipinski definition) is 0. The third kappa shape index (κ3) is 4.86. The molecular weight excluding hydrogens is 164 g/mol. The minimum absolute atomic E-state index is 0.224. The normalized spacial score (nSPS) is 15.2. The Kier molecular flexibility index (Phi) is 7.65. The van der Waals surface area contributed by atoms with Gasteiger partial charge in [0.25, 0.3) is 0 Å². The number of allylic oxidation sites excluding steroid dienone is 2. The van der Waals surface area contributed by atoms with Gasteiger partial charge in [0, 0.05) is 19.3 Å². The van der Waals surface area contributed by atoms with Crippen LogP contribution in [0.3, 0.4) is 0 Å². The molecule has 2 heteroatoms. The predicted octanol–water partition coefficient (Wildman–Crippen LogP) is 2.91. The van der Waals surface area contributed by atoms with Crippen molar-refractivity contribution in [2.45, 2.75) is 33.5 Å². The van der Waals surface area contributed by atoms with Gasteiger partial charge in [0.2, 0.25) is 0 Å². The lowest BCUT2D eigenvalue weighted by atomic mass is 10.2. The van der Waals surface area contributed by atoms with Crippen LogP contribution in [0.15, 0.2) is 23.8 Å². The molecular formula is C11H20O2. The second-order valence-corrected chi connectivity index (χ2v) is 2.62. The molecule has 0 aromatic heterocycles. The molecule has 1 unspecified atom stereocenters. The van der Waals surface area contributed by atoms with E-state index in [4.69, 9.17) is 9.47 Å². The van der Waals surface area contributed by atoms with Crippen molar-refractivity contribution >= 4 is 0 Å². The Balaban J connectivity index is 4.26. The van der Waals surface area contributed by atoms with Crippen molar-refractivity contribution in [3.05, 3.63) is 23.8 Å². The van der Waals surface area contributed by atoms with Crippen LogP contribution in [-0.2, 0) is 9.47 Å². The predicted molar refractivity (Wildman–Crippen MR) is 55.6 cm³/mol. The molecule has 0 radical (unpaired) electrons. The number of rotatable bonds is 6. The minimum Gasteiger partial charge on any atom is -0.352 e. The van der Waals surface area contributed by atoms with Crippen molar-refractivity contribution in [1.29, 1.82) is 0 Å². The third-order valence-corrected chi connectivity index (χ3v) is 1.68. The molecule has 0 spiro atoms. The summed E-state index contributed by atoms with van der Waals surface area (Å²) >= 11 is 0. The van der Waals surface area contributed by atoms with Gasteiger partial charge in [-0.2, -0.15) is 0 Å². The molecule has 0 N–H and O–H groups in total. The zero-order valence-electron chi connectivity index (χ0n) is 9.04. The quantitative estimate of drug-likeness (QED) is 0.467. The summed E-state index contributed by atoms with van der Waals surface area (Å²) in [6.07, 6.45) is 6.96. The molecule has 0 aromatic carbocycles. The van der Waals surface area contributed by atoms with E-state index in [2.05, 4.69) is 13.0 Å². The van der Waals surface area contributed by atoms with Gasteiger partial charge in [-0.05, 0) is 20.3 Å². The molecule has 0 aliphatic heterocycles. The summed E-state index contributed by atoms with van der Waals surface area (Å²) < 4.78 is 10.6.